The van der Waals surface area contributed by atoms with Gasteiger partial charge in [0, 0.05) is 11.6 Å². The van der Waals surface area contributed by atoms with Gasteiger partial charge in [0.15, 0.2) is 0 Å². The van der Waals surface area contributed by atoms with Crippen LogP contribution in [0.5, 0.6) is 0 Å². The van der Waals surface area contributed by atoms with E-state index in [4.69, 9.17) is 5.84 Å². The van der Waals surface area contributed by atoms with E-state index in [0.717, 1.165) is 10.7 Å². The zero-order chi connectivity index (χ0) is 13.0. The Morgan fingerprint density at radius 1 is 1.56 bits per heavy atom. The molecule has 4 N–H and O–H groups in total. The minimum absolute atomic E-state index is 0.252. The summed E-state index contributed by atoms with van der Waals surface area (Å²) in [5.74, 6) is 5.02. The number of amides is 1. The molecule has 2 rings (SSSR count). The SMILES string of the molecule is Cc1nc(CNC(=O)c2cc(NN)ccn2)cs1. The van der Waals surface area contributed by atoms with Crippen LogP contribution in [0.2, 0.25) is 0 Å². The van der Waals surface area contributed by atoms with Crippen molar-refractivity contribution in [1.29, 1.82) is 0 Å². The van der Waals surface area contributed by atoms with Gasteiger partial charge < -0.3 is 10.7 Å². The summed E-state index contributed by atoms with van der Waals surface area (Å²) >= 11 is 1.55. The second-order valence-corrected chi connectivity index (χ2v) is 4.68. The van der Waals surface area contributed by atoms with Gasteiger partial charge in [-0.25, -0.2) is 4.98 Å². The molecule has 0 fully saturated rings. The maximum atomic E-state index is 11.8. The van der Waals surface area contributed by atoms with Crippen molar-refractivity contribution in [2.24, 2.45) is 5.84 Å². The highest BCUT2D eigenvalue weighted by Gasteiger charge is 2.08. The number of hydrazine groups is 1. The predicted molar refractivity (Wildman–Crippen MR) is 70.1 cm³/mol. The van der Waals surface area contributed by atoms with Gasteiger partial charge in [-0.3, -0.25) is 15.6 Å². The van der Waals surface area contributed by atoms with Crippen LogP contribution in [0.4, 0.5) is 5.69 Å². The molecule has 0 bridgehead atoms. The van der Waals surface area contributed by atoms with Crippen molar-refractivity contribution in [3.05, 3.63) is 40.1 Å². The topological polar surface area (TPSA) is 92.9 Å². The number of hydrogen-bond donors (Lipinski definition) is 3. The summed E-state index contributed by atoms with van der Waals surface area (Å²) in [5.41, 5.74) is 4.27. The predicted octanol–water partition coefficient (Wildman–Crippen LogP) is 1.06. The average molecular weight is 263 g/mol. The number of aryl methyl sites for hydroxylation is 1. The van der Waals surface area contributed by atoms with Crippen LogP contribution in [0.15, 0.2) is 23.7 Å². The van der Waals surface area contributed by atoms with Gasteiger partial charge in [0.25, 0.3) is 5.91 Å². The highest BCUT2D eigenvalue weighted by Crippen LogP contribution is 2.08. The van der Waals surface area contributed by atoms with Gasteiger partial charge in [-0.1, -0.05) is 0 Å². The van der Waals surface area contributed by atoms with E-state index in [0.29, 0.717) is 17.9 Å². The molecule has 0 atom stereocenters. The molecule has 94 valence electrons. The Hall–Kier alpha value is -1.99. The first-order valence-electron chi connectivity index (χ1n) is 5.31. The lowest BCUT2D eigenvalue weighted by atomic mass is 10.3. The molecular weight excluding hydrogens is 250 g/mol. The third kappa shape index (κ3) is 3.02. The lowest BCUT2D eigenvalue weighted by Gasteiger charge is -2.04. The normalized spacial score (nSPS) is 10.1. The number of carbonyl (C=O) groups is 1. The van der Waals surface area contributed by atoms with Crippen molar-refractivity contribution < 1.29 is 4.79 Å². The van der Waals surface area contributed by atoms with E-state index in [1.54, 1.807) is 23.5 Å². The number of thiazole rings is 1. The van der Waals surface area contributed by atoms with Crippen molar-refractivity contribution >= 4 is 22.9 Å². The number of anilines is 1. The van der Waals surface area contributed by atoms with Crippen molar-refractivity contribution in [1.82, 2.24) is 15.3 Å². The maximum Gasteiger partial charge on any atom is 0.270 e. The van der Waals surface area contributed by atoms with Crippen molar-refractivity contribution in [3.63, 3.8) is 0 Å². The van der Waals surface area contributed by atoms with Gasteiger partial charge in [0.1, 0.15) is 5.69 Å². The van der Waals surface area contributed by atoms with Crippen LogP contribution in [0.1, 0.15) is 21.2 Å². The fourth-order valence-corrected chi connectivity index (χ4v) is 2.01. The van der Waals surface area contributed by atoms with Gasteiger partial charge in [-0.15, -0.1) is 11.3 Å². The van der Waals surface area contributed by atoms with Crippen molar-refractivity contribution in [2.45, 2.75) is 13.5 Å². The number of pyridine rings is 1. The highest BCUT2D eigenvalue weighted by atomic mass is 32.1. The lowest BCUT2D eigenvalue weighted by Crippen LogP contribution is -2.24. The van der Waals surface area contributed by atoms with Gasteiger partial charge in [0.2, 0.25) is 0 Å². The van der Waals surface area contributed by atoms with Crippen LogP contribution in [-0.4, -0.2) is 15.9 Å². The monoisotopic (exact) mass is 263 g/mol. The number of nitrogens with two attached hydrogens (primary N) is 1. The molecular formula is C11H13N5OS. The van der Waals surface area contributed by atoms with Crippen molar-refractivity contribution in [3.8, 4) is 0 Å². The number of nitrogen functional groups attached to an aromatic ring is 1. The molecule has 2 aromatic rings. The summed E-state index contributed by atoms with van der Waals surface area (Å²) in [6.07, 6.45) is 1.52. The second-order valence-electron chi connectivity index (χ2n) is 3.61. The maximum absolute atomic E-state index is 11.8. The Balaban J connectivity index is 1.99. The van der Waals surface area contributed by atoms with E-state index in [-0.39, 0.29) is 5.91 Å². The number of nitrogens with one attached hydrogen (secondary N) is 2. The summed E-state index contributed by atoms with van der Waals surface area (Å²) in [5, 5.41) is 5.65. The molecule has 0 saturated carbocycles. The van der Waals surface area contributed by atoms with E-state index in [1.165, 1.54) is 6.20 Å². The molecule has 2 aromatic heterocycles. The van der Waals surface area contributed by atoms with Gasteiger partial charge in [0.05, 0.1) is 22.9 Å². The highest BCUT2D eigenvalue weighted by molar-refractivity contribution is 7.09. The molecule has 0 spiro atoms. The largest absolute Gasteiger partial charge is 0.345 e. The number of nitrogens with zero attached hydrogens (tertiary/aromatic N) is 2. The van der Waals surface area contributed by atoms with Crippen LogP contribution < -0.4 is 16.6 Å². The Bertz CT molecular complexity index is 554. The molecule has 1 amide bonds. The zero-order valence-electron chi connectivity index (χ0n) is 9.80. The molecule has 0 aliphatic rings. The van der Waals surface area contributed by atoms with E-state index < -0.39 is 0 Å². The summed E-state index contributed by atoms with van der Waals surface area (Å²) < 4.78 is 0. The lowest BCUT2D eigenvalue weighted by molar-refractivity contribution is 0.0945. The quantitative estimate of drug-likeness (QED) is 0.566. The third-order valence-electron chi connectivity index (χ3n) is 2.26. The first-order valence-corrected chi connectivity index (χ1v) is 6.19. The Morgan fingerprint density at radius 3 is 3.06 bits per heavy atom. The Labute approximate surface area is 108 Å². The Morgan fingerprint density at radius 2 is 2.39 bits per heavy atom. The zero-order valence-corrected chi connectivity index (χ0v) is 10.6. The van der Waals surface area contributed by atoms with E-state index in [1.807, 2.05) is 12.3 Å². The first-order chi connectivity index (χ1) is 8.69. The molecule has 2 heterocycles. The molecule has 18 heavy (non-hydrogen) atoms. The summed E-state index contributed by atoms with van der Waals surface area (Å²) in [7, 11) is 0. The fourth-order valence-electron chi connectivity index (χ4n) is 1.40. The molecule has 6 nitrogen and oxygen atoms in total. The molecule has 0 unspecified atom stereocenters. The molecule has 0 saturated heterocycles. The standard InChI is InChI=1S/C11H13N5OS/c1-7-15-9(6-18-7)5-14-11(17)10-4-8(16-12)2-3-13-10/h2-4,6H,5,12H2,1H3,(H,13,16)(H,14,17). The van der Waals surface area contributed by atoms with Gasteiger partial charge in [-0.2, -0.15) is 0 Å². The van der Waals surface area contributed by atoms with Crippen LogP contribution in [0.3, 0.4) is 0 Å². The van der Waals surface area contributed by atoms with E-state index >= 15 is 0 Å². The summed E-state index contributed by atoms with van der Waals surface area (Å²) in [6, 6.07) is 3.27. The average Bonchev–Trinajstić information content (AvgIpc) is 2.82. The van der Waals surface area contributed by atoms with Crippen LogP contribution in [0, 0.1) is 6.92 Å². The number of aromatic nitrogens is 2. The van der Waals surface area contributed by atoms with Crippen molar-refractivity contribution in [2.75, 3.05) is 5.43 Å². The Kier molecular flexibility index (Phi) is 3.85. The second kappa shape index (κ2) is 5.56. The van der Waals surface area contributed by atoms with Gasteiger partial charge in [-0.05, 0) is 19.1 Å². The van der Waals surface area contributed by atoms with Crippen LogP contribution in [-0.2, 0) is 6.54 Å². The third-order valence-corrected chi connectivity index (χ3v) is 3.08. The molecule has 0 aromatic carbocycles. The minimum atomic E-state index is -0.252. The van der Waals surface area contributed by atoms with E-state index in [9.17, 15) is 4.79 Å². The van der Waals surface area contributed by atoms with Crippen LogP contribution >= 0.6 is 11.3 Å². The number of rotatable bonds is 4. The van der Waals surface area contributed by atoms with Gasteiger partial charge >= 0.3 is 0 Å². The minimum Gasteiger partial charge on any atom is -0.345 e. The molecule has 0 aliphatic heterocycles. The smallest absolute Gasteiger partial charge is 0.270 e. The number of carbonyl (C=O) groups excluding carboxylic acids is 1. The summed E-state index contributed by atoms with van der Waals surface area (Å²) in [4.78, 5) is 20.1. The van der Waals surface area contributed by atoms with Crippen LogP contribution in [0.25, 0.3) is 0 Å². The molecule has 0 radical (unpaired) electrons. The van der Waals surface area contributed by atoms with E-state index in [2.05, 4.69) is 20.7 Å². The first kappa shape index (κ1) is 12.5. The number of hydrogen-bond acceptors (Lipinski definition) is 6. The fraction of sp³-hybridized carbons (Fsp3) is 0.182. The molecule has 0 aliphatic carbocycles. The summed E-state index contributed by atoms with van der Waals surface area (Å²) in [6.45, 7) is 2.32. The molecule has 7 heteroatoms.